The molecule has 2 fully saturated rings. The lowest BCUT2D eigenvalue weighted by atomic mass is 10.1. The Hall–Kier alpha value is -3.52. The molecule has 2 aliphatic heterocycles. The first-order valence-electron chi connectivity index (χ1n) is 10.7. The zero-order valence-electron chi connectivity index (χ0n) is 18.6. The topological polar surface area (TPSA) is 117 Å². The van der Waals surface area contributed by atoms with E-state index >= 15 is 0 Å². The number of carbonyl (C=O) groups excluding carboxylic acids is 2. The molecule has 1 unspecified atom stereocenters. The molecule has 2 aliphatic rings. The second kappa shape index (κ2) is 7.81. The van der Waals surface area contributed by atoms with Crippen LogP contribution in [0.2, 0.25) is 0 Å². The van der Waals surface area contributed by atoms with Gasteiger partial charge in [0.2, 0.25) is 5.91 Å². The Labute approximate surface area is 194 Å². The second-order valence-corrected chi connectivity index (χ2v) is 10.1. The highest BCUT2D eigenvalue weighted by atomic mass is 32.1. The summed E-state index contributed by atoms with van der Waals surface area (Å²) in [7, 11) is 0. The molecule has 170 valence electrons. The number of ether oxygens (including phenoxy) is 1. The van der Waals surface area contributed by atoms with Gasteiger partial charge in [0.1, 0.15) is 11.5 Å². The lowest BCUT2D eigenvalue weighted by Crippen LogP contribution is -2.52. The Morgan fingerprint density at radius 2 is 2.12 bits per heavy atom. The Morgan fingerprint density at radius 1 is 1.33 bits per heavy atom. The minimum Gasteiger partial charge on any atom is -0.444 e. The zero-order chi connectivity index (χ0) is 23.3. The molecule has 5 heterocycles. The molecule has 11 heteroatoms. The fraction of sp³-hybridized carbons (Fsp3) is 0.455. The van der Waals surface area contributed by atoms with Crippen LogP contribution in [0.1, 0.15) is 33.2 Å². The van der Waals surface area contributed by atoms with Gasteiger partial charge in [0.25, 0.3) is 0 Å². The van der Waals surface area contributed by atoms with Crippen LogP contribution < -0.4 is 4.90 Å². The van der Waals surface area contributed by atoms with E-state index < -0.39 is 11.5 Å². The van der Waals surface area contributed by atoms with Gasteiger partial charge in [-0.2, -0.15) is 10.4 Å². The third-order valence-corrected chi connectivity index (χ3v) is 6.54. The number of amides is 2. The predicted octanol–water partition coefficient (Wildman–Crippen LogP) is 3.22. The standard InChI is InChI=1S/C22H23N7O3S/c1-22(2,3)32-21(31)27-10-15(11-27)29-9-14(8-25-29)16-6-17-18(33-12-24-17)19(26-16)28-5-4-13(7-23)20(28)30/h6,8-9,12-13,15H,4-5,10-11H2,1-3H3. The number of anilines is 1. The van der Waals surface area contributed by atoms with E-state index in [9.17, 15) is 14.9 Å². The van der Waals surface area contributed by atoms with Crippen LogP contribution in [0.25, 0.3) is 21.5 Å². The molecule has 0 bridgehead atoms. The Balaban J connectivity index is 1.37. The van der Waals surface area contributed by atoms with Crippen LogP contribution in [0, 0.1) is 17.2 Å². The highest BCUT2D eigenvalue weighted by Crippen LogP contribution is 2.35. The molecule has 0 N–H and O–H groups in total. The fourth-order valence-electron chi connectivity index (χ4n) is 3.96. The van der Waals surface area contributed by atoms with Crippen LogP contribution in [-0.2, 0) is 9.53 Å². The first-order chi connectivity index (χ1) is 15.7. The van der Waals surface area contributed by atoms with Crippen molar-refractivity contribution in [3.63, 3.8) is 0 Å². The summed E-state index contributed by atoms with van der Waals surface area (Å²) < 4.78 is 8.06. The van der Waals surface area contributed by atoms with Gasteiger partial charge in [-0.15, -0.1) is 11.3 Å². The van der Waals surface area contributed by atoms with Crippen molar-refractivity contribution < 1.29 is 14.3 Å². The number of carbonyl (C=O) groups is 2. The summed E-state index contributed by atoms with van der Waals surface area (Å²) in [4.78, 5) is 37.3. The van der Waals surface area contributed by atoms with Crippen LogP contribution in [0.5, 0.6) is 0 Å². The Bertz CT molecular complexity index is 1280. The van der Waals surface area contributed by atoms with Crippen molar-refractivity contribution in [1.29, 1.82) is 5.26 Å². The van der Waals surface area contributed by atoms with Gasteiger partial charge in [-0.25, -0.2) is 14.8 Å². The van der Waals surface area contributed by atoms with Crippen LogP contribution in [0.4, 0.5) is 10.6 Å². The van der Waals surface area contributed by atoms with Crippen LogP contribution in [0.3, 0.4) is 0 Å². The van der Waals surface area contributed by atoms with Gasteiger partial charge in [0.15, 0.2) is 5.82 Å². The van der Waals surface area contributed by atoms with E-state index in [1.807, 2.05) is 37.7 Å². The lowest BCUT2D eigenvalue weighted by Gasteiger charge is -2.39. The molecule has 3 aromatic heterocycles. The second-order valence-electron chi connectivity index (χ2n) is 9.24. The van der Waals surface area contributed by atoms with Gasteiger partial charge in [0.05, 0.1) is 39.7 Å². The summed E-state index contributed by atoms with van der Waals surface area (Å²) in [5, 5.41) is 13.7. The largest absolute Gasteiger partial charge is 0.444 e. The number of rotatable bonds is 3. The number of nitriles is 1. The number of pyridine rings is 1. The molecule has 33 heavy (non-hydrogen) atoms. The zero-order valence-corrected chi connectivity index (χ0v) is 19.4. The number of hydrogen-bond donors (Lipinski definition) is 0. The molecule has 0 saturated carbocycles. The van der Waals surface area contributed by atoms with Crippen molar-refractivity contribution in [1.82, 2.24) is 24.6 Å². The van der Waals surface area contributed by atoms with Gasteiger partial charge >= 0.3 is 6.09 Å². The van der Waals surface area contributed by atoms with E-state index in [-0.39, 0.29) is 18.0 Å². The van der Waals surface area contributed by atoms with E-state index in [2.05, 4.69) is 16.2 Å². The van der Waals surface area contributed by atoms with Gasteiger partial charge in [-0.05, 0) is 33.3 Å². The highest BCUT2D eigenvalue weighted by Gasteiger charge is 2.36. The number of likely N-dealkylation sites (tertiary alicyclic amines) is 1. The molecule has 0 aliphatic carbocycles. The number of nitrogens with zero attached hydrogens (tertiary/aromatic N) is 7. The van der Waals surface area contributed by atoms with E-state index in [1.165, 1.54) is 11.3 Å². The SMILES string of the molecule is CC(C)(C)OC(=O)N1CC(n2cc(-c3cc4ncsc4c(N4CCC(C#N)C4=O)n3)cn2)C1. The quantitative estimate of drug-likeness (QED) is 0.583. The number of hydrogen-bond acceptors (Lipinski definition) is 8. The molecule has 0 radical (unpaired) electrons. The third-order valence-electron chi connectivity index (χ3n) is 5.70. The van der Waals surface area contributed by atoms with Crippen LogP contribution in [-0.4, -0.2) is 61.9 Å². The molecule has 2 amide bonds. The Kier molecular flexibility index (Phi) is 5.05. The average Bonchev–Trinajstić information content (AvgIpc) is 3.44. The first kappa shape index (κ1) is 21.3. The lowest BCUT2D eigenvalue weighted by molar-refractivity contribution is -0.119. The van der Waals surface area contributed by atoms with Crippen molar-refractivity contribution in [2.45, 2.75) is 38.8 Å². The molecule has 10 nitrogen and oxygen atoms in total. The Morgan fingerprint density at radius 3 is 2.82 bits per heavy atom. The summed E-state index contributed by atoms with van der Waals surface area (Å²) in [6, 6.07) is 4.01. The van der Waals surface area contributed by atoms with Gasteiger partial charge in [-0.3, -0.25) is 14.4 Å². The van der Waals surface area contributed by atoms with Crippen LogP contribution >= 0.6 is 11.3 Å². The van der Waals surface area contributed by atoms with Gasteiger partial charge < -0.3 is 9.64 Å². The maximum atomic E-state index is 12.7. The molecule has 1 atom stereocenters. The average molecular weight is 466 g/mol. The number of thiazole rings is 1. The smallest absolute Gasteiger partial charge is 0.410 e. The minimum absolute atomic E-state index is 0.0605. The molecular weight excluding hydrogens is 442 g/mol. The van der Waals surface area contributed by atoms with Crippen LogP contribution in [0.15, 0.2) is 24.0 Å². The maximum absolute atomic E-state index is 12.7. The van der Waals surface area contributed by atoms with Crippen molar-refractivity contribution in [2.75, 3.05) is 24.5 Å². The molecular formula is C22H23N7O3S. The third kappa shape index (κ3) is 3.91. The monoisotopic (exact) mass is 465 g/mol. The summed E-state index contributed by atoms with van der Waals surface area (Å²) in [5.41, 5.74) is 3.41. The van der Waals surface area contributed by atoms with Gasteiger partial charge in [0, 0.05) is 31.4 Å². The van der Waals surface area contributed by atoms with Gasteiger partial charge in [-0.1, -0.05) is 0 Å². The number of aromatic nitrogens is 4. The first-order valence-corrected chi connectivity index (χ1v) is 11.6. The molecule has 3 aromatic rings. The van der Waals surface area contributed by atoms with E-state index in [0.29, 0.717) is 37.6 Å². The van der Waals surface area contributed by atoms with Crippen molar-refractivity contribution >= 4 is 39.4 Å². The summed E-state index contributed by atoms with van der Waals surface area (Å²) in [5.74, 6) is -0.308. The summed E-state index contributed by atoms with van der Waals surface area (Å²) >= 11 is 1.42. The van der Waals surface area contributed by atoms with E-state index in [1.54, 1.807) is 21.5 Å². The normalized spacial score (nSPS) is 19.1. The summed E-state index contributed by atoms with van der Waals surface area (Å²) in [6.45, 7) is 7.05. The number of fused-ring (bicyclic) bond motifs is 1. The predicted molar refractivity (Wildman–Crippen MR) is 122 cm³/mol. The molecule has 0 spiro atoms. The molecule has 0 aromatic carbocycles. The highest BCUT2D eigenvalue weighted by molar-refractivity contribution is 7.17. The van der Waals surface area contributed by atoms with E-state index in [0.717, 1.165) is 15.8 Å². The van der Waals surface area contributed by atoms with E-state index in [4.69, 9.17) is 9.72 Å². The van der Waals surface area contributed by atoms with Crippen molar-refractivity contribution in [3.8, 4) is 17.3 Å². The summed E-state index contributed by atoms with van der Waals surface area (Å²) in [6.07, 6.45) is 3.79. The molecule has 2 saturated heterocycles. The molecule has 5 rings (SSSR count). The van der Waals surface area contributed by atoms with Crippen molar-refractivity contribution in [2.24, 2.45) is 5.92 Å². The minimum atomic E-state index is -0.632. The fourth-order valence-corrected chi connectivity index (χ4v) is 4.73. The maximum Gasteiger partial charge on any atom is 0.410 e. The van der Waals surface area contributed by atoms with Crippen molar-refractivity contribution in [3.05, 3.63) is 24.0 Å².